The molecule has 1 aliphatic carbocycles. The highest BCUT2D eigenvalue weighted by molar-refractivity contribution is 9.10. The summed E-state index contributed by atoms with van der Waals surface area (Å²) in [5.74, 6) is 0.430. The number of urea groups is 1. The Kier molecular flexibility index (Phi) is 5.46. The second kappa shape index (κ2) is 8.06. The topological polar surface area (TPSA) is 101 Å². The molecule has 1 aliphatic heterocycles. The molecule has 0 unspecified atom stereocenters. The van der Waals surface area contributed by atoms with Gasteiger partial charge in [0.25, 0.3) is 11.8 Å². The summed E-state index contributed by atoms with van der Waals surface area (Å²) >= 11 is 3.37. The summed E-state index contributed by atoms with van der Waals surface area (Å²) in [6.45, 7) is 2.13. The average molecular weight is 473 g/mol. The van der Waals surface area contributed by atoms with Crippen molar-refractivity contribution in [3.8, 4) is 11.6 Å². The number of hydrazine groups is 1. The number of rotatable bonds is 4. The van der Waals surface area contributed by atoms with Crippen molar-refractivity contribution in [1.82, 2.24) is 20.7 Å². The molecule has 8 nitrogen and oxygen atoms in total. The lowest BCUT2D eigenvalue weighted by Gasteiger charge is -2.33. The number of amides is 4. The molecule has 156 valence electrons. The van der Waals surface area contributed by atoms with Crippen molar-refractivity contribution in [1.29, 1.82) is 0 Å². The molecule has 1 spiro atoms. The molecule has 0 atom stereocenters. The molecule has 1 aromatic carbocycles. The number of benzene rings is 1. The van der Waals surface area contributed by atoms with E-state index in [1.54, 1.807) is 18.2 Å². The van der Waals surface area contributed by atoms with Crippen LogP contribution in [0.2, 0.25) is 0 Å². The number of carbonyl (C=O) groups is 3. The maximum Gasteiger partial charge on any atom is 0.344 e. The molecule has 2 aliphatic rings. The minimum Gasteiger partial charge on any atom is -0.439 e. The number of aromatic nitrogens is 1. The molecule has 4 amide bonds. The molecular formula is C21H21BrN4O4. The van der Waals surface area contributed by atoms with Crippen LogP contribution in [0.25, 0.3) is 0 Å². The minimum atomic E-state index is -0.906. The van der Waals surface area contributed by atoms with Gasteiger partial charge >= 0.3 is 6.03 Å². The Morgan fingerprint density at radius 3 is 2.70 bits per heavy atom. The normalized spacial score (nSPS) is 23.4. The summed E-state index contributed by atoms with van der Waals surface area (Å²) in [5, 5.41) is 3.55. The van der Waals surface area contributed by atoms with Crippen molar-refractivity contribution in [3.63, 3.8) is 0 Å². The van der Waals surface area contributed by atoms with Crippen LogP contribution >= 0.6 is 15.9 Å². The van der Waals surface area contributed by atoms with Crippen LogP contribution in [0.3, 0.4) is 0 Å². The van der Waals surface area contributed by atoms with Gasteiger partial charge in [0, 0.05) is 16.7 Å². The monoisotopic (exact) mass is 472 g/mol. The number of ether oxygens (including phenoxy) is 1. The van der Waals surface area contributed by atoms with Crippen LogP contribution in [0.15, 0.2) is 47.1 Å². The van der Waals surface area contributed by atoms with Crippen LogP contribution in [0.5, 0.6) is 11.6 Å². The Hall–Kier alpha value is -2.94. The van der Waals surface area contributed by atoms with Crippen molar-refractivity contribution >= 4 is 33.8 Å². The van der Waals surface area contributed by atoms with Crippen LogP contribution in [-0.4, -0.2) is 33.4 Å². The number of pyridine rings is 1. The molecule has 1 saturated heterocycles. The molecule has 2 N–H and O–H groups in total. The van der Waals surface area contributed by atoms with E-state index in [-0.39, 0.29) is 5.56 Å². The zero-order valence-electron chi connectivity index (χ0n) is 16.4. The molecule has 1 saturated carbocycles. The smallest absolute Gasteiger partial charge is 0.344 e. The third kappa shape index (κ3) is 4.02. The number of nitrogens with one attached hydrogen (secondary N) is 2. The Balaban J connectivity index is 1.41. The van der Waals surface area contributed by atoms with Crippen molar-refractivity contribution in [3.05, 3.63) is 52.6 Å². The van der Waals surface area contributed by atoms with Crippen molar-refractivity contribution in [2.45, 2.75) is 38.1 Å². The Morgan fingerprint density at radius 1 is 1.27 bits per heavy atom. The van der Waals surface area contributed by atoms with Gasteiger partial charge in [0.15, 0.2) is 0 Å². The SMILES string of the molecule is CC1CCC2(CC1)NC(=O)N(NC(=O)c1ccc(Oc3cccc(Br)c3)nc1)C2=O. The van der Waals surface area contributed by atoms with Gasteiger partial charge in [0.1, 0.15) is 11.3 Å². The summed E-state index contributed by atoms with van der Waals surface area (Å²) in [6.07, 6.45) is 4.20. The van der Waals surface area contributed by atoms with E-state index in [2.05, 4.69) is 38.6 Å². The van der Waals surface area contributed by atoms with Gasteiger partial charge in [-0.15, -0.1) is 0 Å². The predicted octanol–water partition coefficient (Wildman–Crippen LogP) is 3.78. The first-order valence-electron chi connectivity index (χ1n) is 9.73. The zero-order chi connectivity index (χ0) is 21.3. The number of hydrogen-bond donors (Lipinski definition) is 2. The summed E-state index contributed by atoms with van der Waals surface area (Å²) in [6, 6.07) is 9.75. The molecule has 1 aromatic heterocycles. The fourth-order valence-electron chi connectivity index (χ4n) is 3.71. The first-order chi connectivity index (χ1) is 14.4. The van der Waals surface area contributed by atoms with Crippen LogP contribution in [0.4, 0.5) is 4.79 Å². The van der Waals surface area contributed by atoms with Crippen LogP contribution in [-0.2, 0) is 4.79 Å². The average Bonchev–Trinajstić information content (AvgIpc) is 2.95. The van der Waals surface area contributed by atoms with E-state index in [9.17, 15) is 14.4 Å². The number of hydrogen-bond acceptors (Lipinski definition) is 5. The van der Waals surface area contributed by atoms with Gasteiger partial charge in [0.2, 0.25) is 5.88 Å². The predicted molar refractivity (Wildman–Crippen MR) is 112 cm³/mol. The lowest BCUT2D eigenvalue weighted by Crippen LogP contribution is -2.51. The highest BCUT2D eigenvalue weighted by atomic mass is 79.9. The van der Waals surface area contributed by atoms with Crippen LogP contribution in [0, 0.1) is 5.92 Å². The van der Waals surface area contributed by atoms with Crippen molar-refractivity contribution in [2.75, 3.05) is 0 Å². The third-order valence-corrected chi connectivity index (χ3v) is 6.01. The maximum atomic E-state index is 12.8. The lowest BCUT2D eigenvalue weighted by atomic mass is 9.77. The van der Waals surface area contributed by atoms with E-state index in [1.807, 2.05) is 12.1 Å². The molecule has 0 radical (unpaired) electrons. The van der Waals surface area contributed by atoms with E-state index < -0.39 is 23.4 Å². The molecule has 2 heterocycles. The molecular weight excluding hydrogens is 452 g/mol. The third-order valence-electron chi connectivity index (χ3n) is 5.52. The number of nitrogens with zero attached hydrogens (tertiary/aromatic N) is 2. The van der Waals surface area contributed by atoms with E-state index >= 15 is 0 Å². The van der Waals surface area contributed by atoms with Crippen molar-refractivity contribution < 1.29 is 19.1 Å². The Labute approximate surface area is 182 Å². The van der Waals surface area contributed by atoms with Crippen molar-refractivity contribution in [2.24, 2.45) is 5.92 Å². The standard InChI is InChI=1S/C21H21BrN4O4/c1-13-7-9-21(10-8-13)19(28)26(20(29)24-21)25-18(27)14-5-6-17(23-12-14)30-16-4-2-3-15(22)11-16/h2-6,11-13H,7-10H2,1H3,(H,24,29)(H,25,27). The van der Waals surface area contributed by atoms with Gasteiger partial charge in [-0.05, 0) is 55.9 Å². The maximum absolute atomic E-state index is 12.8. The van der Waals surface area contributed by atoms with E-state index in [0.29, 0.717) is 30.4 Å². The van der Waals surface area contributed by atoms with Gasteiger partial charge in [-0.1, -0.05) is 28.9 Å². The van der Waals surface area contributed by atoms with Crippen LogP contribution in [0.1, 0.15) is 43.0 Å². The number of imide groups is 1. The molecule has 2 aromatic rings. The fourth-order valence-corrected chi connectivity index (χ4v) is 4.09. The minimum absolute atomic E-state index is 0.204. The second-order valence-electron chi connectivity index (χ2n) is 7.72. The number of halogens is 1. The molecule has 30 heavy (non-hydrogen) atoms. The van der Waals surface area contributed by atoms with E-state index in [0.717, 1.165) is 22.3 Å². The summed E-state index contributed by atoms with van der Waals surface area (Å²) in [5.41, 5.74) is 1.70. The van der Waals surface area contributed by atoms with E-state index in [1.165, 1.54) is 12.3 Å². The summed E-state index contributed by atoms with van der Waals surface area (Å²) < 4.78 is 6.51. The largest absolute Gasteiger partial charge is 0.439 e. The Bertz CT molecular complexity index is 987. The Morgan fingerprint density at radius 2 is 2.03 bits per heavy atom. The van der Waals surface area contributed by atoms with E-state index in [4.69, 9.17) is 4.74 Å². The number of carbonyl (C=O) groups excluding carboxylic acids is 3. The fraction of sp³-hybridized carbons (Fsp3) is 0.333. The molecule has 2 fully saturated rings. The highest BCUT2D eigenvalue weighted by Gasteiger charge is 2.52. The lowest BCUT2D eigenvalue weighted by molar-refractivity contribution is -0.134. The summed E-state index contributed by atoms with van der Waals surface area (Å²) in [7, 11) is 0. The second-order valence-corrected chi connectivity index (χ2v) is 8.64. The zero-order valence-corrected chi connectivity index (χ0v) is 17.9. The quantitative estimate of drug-likeness (QED) is 0.659. The van der Waals surface area contributed by atoms with Gasteiger partial charge in [0.05, 0.1) is 5.56 Å². The first-order valence-corrected chi connectivity index (χ1v) is 10.5. The highest BCUT2D eigenvalue weighted by Crippen LogP contribution is 2.35. The van der Waals surface area contributed by atoms with Gasteiger partial charge in [-0.3, -0.25) is 15.0 Å². The van der Waals surface area contributed by atoms with Crippen LogP contribution < -0.4 is 15.5 Å². The molecule has 4 rings (SSSR count). The van der Waals surface area contributed by atoms with Gasteiger partial charge < -0.3 is 10.1 Å². The van der Waals surface area contributed by atoms with Gasteiger partial charge in [-0.25, -0.2) is 9.78 Å². The molecule has 9 heteroatoms. The summed E-state index contributed by atoms with van der Waals surface area (Å²) in [4.78, 5) is 41.9. The first kappa shape index (κ1) is 20.3. The molecule has 0 bridgehead atoms. The van der Waals surface area contributed by atoms with Gasteiger partial charge in [-0.2, -0.15) is 5.01 Å².